The number of esters is 1. The lowest BCUT2D eigenvalue weighted by Crippen LogP contribution is -2.46. The summed E-state index contributed by atoms with van der Waals surface area (Å²) in [4.78, 5) is 14.8. The van der Waals surface area contributed by atoms with E-state index in [9.17, 15) is 31.1 Å². The summed E-state index contributed by atoms with van der Waals surface area (Å²) in [5.41, 5.74) is 1.14. The Morgan fingerprint density at radius 1 is 0.771 bits per heavy atom. The van der Waals surface area contributed by atoms with Crippen LogP contribution in [0.15, 0.2) is 87.5 Å². The van der Waals surface area contributed by atoms with Crippen LogP contribution in [0.2, 0.25) is 0 Å². The standard InChI is InChI=1S/C25H21F6O3S/c1-16-13-20(35(18-9-5-3-6-10-18)19-11-7-4-8-12-19)14-17(2)22(16)33-15-21(32)34-23(24(26,27)28)25(29,30)31/h3-14,23H,15H2,1-2H3/q+1. The van der Waals surface area contributed by atoms with E-state index in [1.165, 1.54) is 0 Å². The minimum absolute atomic E-state index is 0.186. The molecule has 10 heteroatoms. The van der Waals surface area contributed by atoms with E-state index in [0.29, 0.717) is 11.1 Å². The number of ether oxygens (including phenoxy) is 2. The molecule has 0 aliphatic carbocycles. The second kappa shape index (κ2) is 10.6. The molecule has 0 saturated heterocycles. The third kappa shape index (κ3) is 6.72. The topological polar surface area (TPSA) is 35.5 Å². The normalized spacial score (nSPS) is 12.2. The zero-order valence-corrected chi connectivity index (χ0v) is 19.4. The largest absolute Gasteiger partial charge is 0.481 e. The van der Waals surface area contributed by atoms with Crippen molar-refractivity contribution in [2.45, 2.75) is 47.0 Å². The highest BCUT2D eigenvalue weighted by Gasteiger charge is 2.59. The molecule has 3 aromatic rings. The van der Waals surface area contributed by atoms with Crippen molar-refractivity contribution < 1.29 is 40.6 Å². The highest BCUT2D eigenvalue weighted by Crippen LogP contribution is 2.37. The third-order valence-corrected chi connectivity index (χ3v) is 7.00. The van der Waals surface area contributed by atoms with Crippen LogP contribution < -0.4 is 4.74 Å². The summed E-state index contributed by atoms with van der Waals surface area (Å²) in [6.45, 7) is 2.26. The SMILES string of the molecule is Cc1cc([S+](c2ccccc2)c2ccccc2)cc(C)c1OCC(=O)OC(C(F)(F)F)C(F)(F)F. The third-order valence-electron chi connectivity index (χ3n) is 4.81. The number of rotatable bonds is 7. The highest BCUT2D eigenvalue weighted by molar-refractivity contribution is 7.97. The molecule has 0 spiro atoms. The van der Waals surface area contributed by atoms with Gasteiger partial charge in [-0.05, 0) is 49.2 Å². The van der Waals surface area contributed by atoms with Gasteiger partial charge in [-0.3, -0.25) is 0 Å². The van der Waals surface area contributed by atoms with E-state index in [2.05, 4.69) is 4.74 Å². The Hall–Kier alpha value is -3.14. The molecule has 0 fully saturated rings. The smallest absolute Gasteiger partial charge is 0.434 e. The first-order valence-electron chi connectivity index (χ1n) is 10.3. The molecule has 0 saturated carbocycles. The van der Waals surface area contributed by atoms with Gasteiger partial charge in [0.15, 0.2) is 21.3 Å². The van der Waals surface area contributed by atoms with Crippen molar-refractivity contribution in [1.82, 2.24) is 0 Å². The first-order chi connectivity index (χ1) is 16.4. The Morgan fingerprint density at radius 3 is 1.60 bits per heavy atom. The molecule has 0 amide bonds. The summed E-state index contributed by atoms with van der Waals surface area (Å²) >= 11 is 0. The van der Waals surface area contributed by atoms with Gasteiger partial charge in [0.25, 0.3) is 6.10 Å². The predicted octanol–water partition coefficient (Wildman–Crippen LogP) is 6.81. The van der Waals surface area contributed by atoms with Crippen molar-refractivity contribution in [3.8, 4) is 5.75 Å². The van der Waals surface area contributed by atoms with Gasteiger partial charge in [0.1, 0.15) is 5.75 Å². The molecule has 0 aliphatic rings. The van der Waals surface area contributed by atoms with Gasteiger partial charge in [-0.1, -0.05) is 36.4 Å². The molecule has 3 rings (SSSR count). The monoisotopic (exact) mass is 515 g/mol. The molecule has 0 bridgehead atoms. The molecule has 0 aromatic heterocycles. The number of alkyl halides is 6. The molecule has 0 unspecified atom stereocenters. The molecular formula is C25H21F6O3S+. The van der Waals surface area contributed by atoms with Gasteiger partial charge in [0.2, 0.25) is 0 Å². The Morgan fingerprint density at radius 2 is 1.20 bits per heavy atom. The molecule has 186 valence electrons. The maximum Gasteiger partial charge on any atom is 0.434 e. The fourth-order valence-electron chi connectivity index (χ4n) is 3.39. The average molecular weight is 515 g/mol. The number of carbonyl (C=O) groups is 1. The Kier molecular flexibility index (Phi) is 8.04. The average Bonchev–Trinajstić information content (AvgIpc) is 2.77. The molecular weight excluding hydrogens is 494 g/mol. The number of carbonyl (C=O) groups excluding carboxylic acids is 1. The number of hydrogen-bond acceptors (Lipinski definition) is 3. The summed E-state index contributed by atoms with van der Waals surface area (Å²) in [5, 5.41) is 0. The second-order valence-corrected chi connectivity index (χ2v) is 9.59. The second-order valence-electron chi connectivity index (χ2n) is 7.56. The van der Waals surface area contributed by atoms with Crippen LogP contribution in [0.5, 0.6) is 5.75 Å². The van der Waals surface area contributed by atoms with E-state index in [4.69, 9.17) is 4.74 Å². The van der Waals surface area contributed by atoms with Crippen LogP contribution in [-0.2, 0) is 20.4 Å². The van der Waals surface area contributed by atoms with Gasteiger partial charge in [0, 0.05) is 12.1 Å². The molecule has 3 nitrogen and oxygen atoms in total. The van der Waals surface area contributed by atoms with Crippen LogP contribution in [0.25, 0.3) is 0 Å². The summed E-state index contributed by atoms with van der Waals surface area (Å²) in [6, 6.07) is 23.2. The van der Waals surface area contributed by atoms with E-state index in [1.54, 1.807) is 13.8 Å². The van der Waals surface area contributed by atoms with Gasteiger partial charge < -0.3 is 9.47 Å². The van der Waals surface area contributed by atoms with Crippen LogP contribution in [-0.4, -0.2) is 31.0 Å². The lowest BCUT2D eigenvalue weighted by molar-refractivity contribution is -0.313. The predicted molar refractivity (Wildman–Crippen MR) is 118 cm³/mol. The first-order valence-corrected chi connectivity index (χ1v) is 11.5. The van der Waals surface area contributed by atoms with Crippen LogP contribution >= 0.6 is 0 Å². The van der Waals surface area contributed by atoms with Crippen LogP contribution in [0, 0.1) is 13.8 Å². The van der Waals surface area contributed by atoms with Crippen molar-refractivity contribution >= 4 is 16.9 Å². The minimum Gasteiger partial charge on any atom is -0.481 e. The highest BCUT2D eigenvalue weighted by atomic mass is 32.2. The summed E-state index contributed by atoms with van der Waals surface area (Å²) in [5.74, 6) is -1.59. The molecule has 0 heterocycles. The first kappa shape index (κ1) is 26.5. The zero-order valence-electron chi connectivity index (χ0n) is 18.6. The lowest BCUT2D eigenvalue weighted by Gasteiger charge is -2.23. The maximum absolute atomic E-state index is 12.6. The number of hydrogen-bond donors (Lipinski definition) is 0. The number of halogens is 6. The van der Waals surface area contributed by atoms with Crippen LogP contribution in [0.1, 0.15) is 11.1 Å². The molecule has 0 atom stereocenters. The van der Waals surface area contributed by atoms with E-state index in [1.807, 2.05) is 72.8 Å². The lowest BCUT2D eigenvalue weighted by atomic mass is 10.1. The van der Waals surface area contributed by atoms with E-state index >= 15 is 0 Å². The maximum atomic E-state index is 12.6. The summed E-state index contributed by atoms with van der Waals surface area (Å²) in [7, 11) is -0.481. The summed E-state index contributed by atoms with van der Waals surface area (Å²) < 4.78 is 84.7. The Labute approximate surface area is 201 Å². The van der Waals surface area contributed by atoms with Crippen molar-refractivity contribution in [2.75, 3.05) is 6.61 Å². The van der Waals surface area contributed by atoms with E-state index in [0.717, 1.165) is 14.7 Å². The zero-order chi connectivity index (χ0) is 25.8. The quantitative estimate of drug-likeness (QED) is 0.197. The van der Waals surface area contributed by atoms with Gasteiger partial charge in [0.05, 0.1) is 10.9 Å². The van der Waals surface area contributed by atoms with Gasteiger partial charge >= 0.3 is 18.3 Å². The fraction of sp³-hybridized carbons (Fsp3) is 0.240. The van der Waals surface area contributed by atoms with Crippen molar-refractivity contribution in [3.63, 3.8) is 0 Å². The van der Waals surface area contributed by atoms with Crippen molar-refractivity contribution in [1.29, 1.82) is 0 Å². The minimum atomic E-state index is -5.79. The fourth-order valence-corrected chi connectivity index (χ4v) is 5.66. The van der Waals surface area contributed by atoms with Gasteiger partial charge in [-0.25, -0.2) is 4.79 Å². The van der Waals surface area contributed by atoms with Crippen LogP contribution in [0.4, 0.5) is 26.3 Å². The Bertz CT molecular complexity index is 1070. The Balaban J connectivity index is 1.84. The van der Waals surface area contributed by atoms with Gasteiger partial charge in [-0.15, -0.1) is 0 Å². The molecule has 0 N–H and O–H groups in total. The van der Waals surface area contributed by atoms with Crippen LogP contribution in [0.3, 0.4) is 0 Å². The molecule has 0 aliphatic heterocycles. The number of aryl methyl sites for hydroxylation is 2. The van der Waals surface area contributed by atoms with E-state index < -0.39 is 41.9 Å². The molecule has 35 heavy (non-hydrogen) atoms. The van der Waals surface area contributed by atoms with Crippen molar-refractivity contribution in [3.05, 3.63) is 83.9 Å². The number of benzene rings is 3. The van der Waals surface area contributed by atoms with Crippen molar-refractivity contribution in [2.24, 2.45) is 0 Å². The van der Waals surface area contributed by atoms with E-state index in [-0.39, 0.29) is 5.75 Å². The summed E-state index contributed by atoms with van der Waals surface area (Å²) in [6.07, 6.45) is -15.8. The molecule has 0 radical (unpaired) electrons. The molecule has 3 aromatic carbocycles. The van der Waals surface area contributed by atoms with Gasteiger partial charge in [-0.2, -0.15) is 26.3 Å².